The summed E-state index contributed by atoms with van der Waals surface area (Å²) in [5.41, 5.74) is 5.25. The number of nitrogens with one attached hydrogen (secondary N) is 1. The highest BCUT2D eigenvalue weighted by Gasteiger charge is 2.28. The first-order valence-electron chi connectivity index (χ1n) is 12.0. The van der Waals surface area contributed by atoms with Crippen LogP contribution in [0.1, 0.15) is 36.3 Å². The van der Waals surface area contributed by atoms with Gasteiger partial charge in [0.2, 0.25) is 5.88 Å². The number of carbonyl (C=O) groups is 1. The zero-order chi connectivity index (χ0) is 24.2. The van der Waals surface area contributed by atoms with E-state index in [0.717, 1.165) is 42.1 Å². The molecule has 0 radical (unpaired) electrons. The van der Waals surface area contributed by atoms with Gasteiger partial charge < -0.3 is 24.1 Å². The van der Waals surface area contributed by atoms with Gasteiger partial charge >= 0.3 is 6.03 Å². The second-order valence-electron chi connectivity index (χ2n) is 9.16. The van der Waals surface area contributed by atoms with Crippen LogP contribution in [0.2, 0.25) is 0 Å². The van der Waals surface area contributed by atoms with E-state index in [9.17, 15) is 4.79 Å². The molecule has 1 aliphatic rings. The number of hydrogen-bond acceptors (Lipinski definition) is 5. The zero-order valence-corrected chi connectivity index (χ0v) is 20.1. The maximum Gasteiger partial charge on any atom is 0.318 e. The molecule has 35 heavy (non-hydrogen) atoms. The van der Waals surface area contributed by atoms with Crippen LogP contribution in [0.25, 0.3) is 11.3 Å². The second-order valence-corrected chi connectivity index (χ2v) is 9.16. The maximum absolute atomic E-state index is 13.2. The first-order valence-corrected chi connectivity index (χ1v) is 12.0. The maximum atomic E-state index is 13.2. The topological polar surface area (TPSA) is 74.8 Å². The molecule has 0 aliphatic carbocycles. The van der Waals surface area contributed by atoms with Crippen molar-refractivity contribution in [3.05, 3.63) is 95.4 Å². The number of nitrogens with zero attached hydrogens (tertiary/aromatic N) is 3. The molecule has 7 heteroatoms. The van der Waals surface area contributed by atoms with Crippen molar-refractivity contribution in [2.24, 2.45) is 0 Å². The smallest absolute Gasteiger partial charge is 0.318 e. The first kappa shape index (κ1) is 22.8. The summed E-state index contributed by atoms with van der Waals surface area (Å²) in [6, 6.07) is 22.0. The van der Waals surface area contributed by atoms with Crippen LogP contribution < -0.4 is 10.2 Å². The van der Waals surface area contributed by atoms with Crippen molar-refractivity contribution < 1.29 is 13.7 Å². The lowest BCUT2D eigenvalue weighted by molar-refractivity contribution is 0.185. The summed E-state index contributed by atoms with van der Waals surface area (Å²) >= 11 is 0. The van der Waals surface area contributed by atoms with Gasteiger partial charge in [0, 0.05) is 24.7 Å². The van der Waals surface area contributed by atoms with Gasteiger partial charge in [-0.1, -0.05) is 59.8 Å². The van der Waals surface area contributed by atoms with E-state index >= 15 is 0 Å². The Bertz CT molecular complexity index is 1260. The number of urea groups is 1. The van der Waals surface area contributed by atoms with Crippen LogP contribution in [0.3, 0.4) is 0 Å². The van der Waals surface area contributed by atoms with E-state index in [-0.39, 0.29) is 12.1 Å². The van der Waals surface area contributed by atoms with Gasteiger partial charge in [0.25, 0.3) is 0 Å². The largest absolute Gasteiger partial charge is 0.467 e. The Hall–Kier alpha value is -4.00. The molecule has 0 saturated carbocycles. The Kier molecular flexibility index (Phi) is 6.57. The Morgan fingerprint density at radius 2 is 1.80 bits per heavy atom. The lowest BCUT2D eigenvalue weighted by Gasteiger charge is -2.30. The van der Waals surface area contributed by atoms with Crippen molar-refractivity contribution in [2.45, 2.75) is 45.9 Å². The van der Waals surface area contributed by atoms with Gasteiger partial charge in [-0.05, 0) is 43.5 Å². The molecule has 0 spiro atoms. The Morgan fingerprint density at radius 3 is 2.54 bits per heavy atom. The van der Waals surface area contributed by atoms with E-state index < -0.39 is 0 Å². The molecule has 0 saturated heterocycles. The van der Waals surface area contributed by atoms with Crippen LogP contribution in [-0.2, 0) is 26.1 Å². The summed E-state index contributed by atoms with van der Waals surface area (Å²) in [6.07, 6.45) is 2.56. The monoisotopic (exact) mass is 470 g/mol. The van der Waals surface area contributed by atoms with Crippen molar-refractivity contribution in [2.75, 3.05) is 11.4 Å². The molecule has 0 atom stereocenters. The predicted molar refractivity (Wildman–Crippen MR) is 135 cm³/mol. The number of carbonyl (C=O) groups excluding carboxylic acids is 1. The summed E-state index contributed by atoms with van der Waals surface area (Å²) in [7, 11) is 0. The number of hydrogen-bond donors (Lipinski definition) is 1. The fourth-order valence-electron chi connectivity index (χ4n) is 4.50. The van der Waals surface area contributed by atoms with Gasteiger partial charge in [-0.15, -0.1) is 0 Å². The van der Waals surface area contributed by atoms with Crippen LogP contribution >= 0.6 is 0 Å². The number of rotatable bonds is 7. The van der Waals surface area contributed by atoms with E-state index in [0.29, 0.717) is 19.0 Å². The van der Waals surface area contributed by atoms with Crippen LogP contribution in [0.4, 0.5) is 10.7 Å². The van der Waals surface area contributed by atoms with Gasteiger partial charge in [0.15, 0.2) is 0 Å². The third kappa shape index (κ3) is 5.09. The van der Waals surface area contributed by atoms with Crippen LogP contribution in [0, 0.1) is 0 Å². The summed E-state index contributed by atoms with van der Waals surface area (Å²) in [5, 5.41) is 7.51. The molecule has 0 bridgehead atoms. The second kappa shape index (κ2) is 10.1. The van der Waals surface area contributed by atoms with Crippen LogP contribution in [0.15, 0.2) is 81.9 Å². The van der Waals surface area contributed by atoms with Crippen molar-refractivity contribution in [1.82, 2.24) is 15.4 Å². The minimum atomic E-state index is -0.161. The summed E-state index contributed by atoms with van der Waals surface area (Å²) in [4.78, 5) is 17.2. The number of aromatic nitrogens is 1. The van der Waals surface area contributed by atoms with Crippen molar-refractivity contribution in [3.8, 4) is 11.3 Å². The Labute approximate surface area is 205 Å². The number of benzene rings is 2. The summed E-state index contributed by atoms with van der Waals surface area (Å²) < 4.78 is 11.6. The van der Waals surface area contributed by atoms with Crippen molar-refractivity contribution in [1.29, 1.82) is 0 Å². The van der Waals surface area contributed by atoms with Crippen molar-refractivity contribution >= 4 is 11.9 Å². The summed E-state index contributed by atoms with van der Waals surface area (Å²) in [5.74, 6) is 1.43. The van der Waals surface area contributed by atoms with Gasteiger partial charge in [0.1, 0.15) is 11.5 Å². The first-order chi connectivity index (χ1) is 17.1. The SMILES string of the molecule is CC(C)NC(=O)N(Cc1ccco1)Cc1c(-c2ccccc2)noc1N1CCc2ccccc2C1. The predicted octanol–water partition coefficient (Wildman–Crippen LogP) is 5.62. The number of amides is 2. The molecule has 3 heterocycles. The molecular weight excluding hydrogens is 440 g/mol. The molecule has 2 aromatic carbocycles. The minimum Gasteiger partial charge on any atom is -0.467 e. The van der Waals surface area contributed by atoms with Gasteiger partial charge in [0.05, 0.1) is 24.9 Å². The van der Waals surface area contributed by atoms with Crippen molar-refractivity contribution in [3.63, 3.8) is 0 Å². The van der Waals surface area contributed by atoms with E-state index in [1.165, 1.54) is 11.1 Å². The van der Waals surface area contributed by atoms with Gasteiger partial charge in [-0.3, -0.25) is 0 Å². The third-order valence-electron chi connectivity index (χ3n) is 6.21. The quantitative estimate of drug-likeness (QED) is 0.380. The molecular formula is C28H30N4O3. The minimum absolute atomic E-state index is 0.00994. The Balaban J connectivity index is 1.52. The number of fused-ring (bicyclic) bond motifs is 1. The van der Waals surface area contributed by atoms with E-state index in [2.05, 4.69) is 39.6 Å². The lowest BCUT2D eigenvalue weighted by Crippen LogP contribution is -2.42. The van der Waals surface area contributed by atoms with Crippen LogP contribution in [-0.4, -0.2) is 28.7 Å². The molecule has 1 aliphatic heterocycles. The molecule has 0 unspecified atom stereocenters. The average Bonchev–Trinajstić information content (AvgIpc) is 3.53. The molecule has 2 amide bonds. The zero-order valence-electron chi connectivity index (χ0n) is 20.1. The molecule has 180 valence electrons. The van der Waals surface area contributed by atoms with Crippen LogP contribution in [0.5, 0.6) is 0 Å². The number of furan rings is 1. The summed E-state index contributed by atoms with van der Waals surface area (Å²) in [6.45, 7) is 6.14. The van der Waals surface area contributed by atoms with Gasteiger partial charge in [-0.25, -0.2) is 4.79 Å². The van der Waals surface area contributed by atoms with E-state index in [4.69, 9.17) is 8.94 Å². The highest BCUT2D eigenvalue weighted by molar-refractivity contribution is 5.76. The normalized spacial score (nSPS) is 13.1. The van der Waals surface area contributed by atoms with Gasteiger partial charge in [-0.2, -0.15) is 0 Å². The molecule has 4 aromatic rings. The van der Waals surface area contributed by atoms with E-state index in [1.54, 1.807) is 11.2 Å². The third-order valence-corrected chi connectivity index (χ3v) is 6.21. The fraction of sp³-hybridized carbons (Fsp3) is 0.286. The average molecular weight is 471 g/mol. The Morgan fingerprint density at radius 1 is 1.03 bits per heavy atom. The number of anilines is 1. The highest BCUT2D eigenvalue weighted by Crippen LogP contribution is 2.35. The fourth-order valence-corrected chi connectivity index (χ4v) is 4.50. The highest BCUT2D eigenvalue weighted by atomic mass is 16.5. The molecule has 7 nitrogen and oxygen atoms in total. The molecule has 0 fully saturated rings. The molecule has 5 rings (SSSR count). The molecule has 1 N–H and O–H groups in total. The lowest BCUT2D eigenvalue weighted by atomic mass is 9.99. The van der Waals surface area contributed by atoms with E-state index in [1.807, 2.05) is 56.3 Å². The molecule has 2 aromatic heterocycles. The standard InChI is InChI=1S/C28H30N4O3/c1-20(2)29-28(33)32(18-24-13-8-16-34-24)19-25-26(22-10-4-3-5-11-22)30-35-27(25)31-15-14-21-9-6-7-12-23(21)17-31/h3-13,16,20H,14-15,17-19H2,1-2H3,(H,29,33).